The van der Waals surface area contributed by atoms with Crippen molar-refractivity contribution in [1.29, 1.82) is 0 Å². The Hall–Kier alpha value is -2.28. The second kappa shape index (κ2) is 7.38. The Morgan fingerprint density at radius 3 is 1.96 bits per heavy atom. The average molecular weight is 456 g/mol. The highest BCUT2D eigenvalue weighted by molar-refractivity contribution is 9.10. The molecule has 0 atom stereocenters. The minimum Gasteiger partial charge on any atom is -0.236 e. The van der Waals surface area contributed by atoms with Gasteiger partial charge >= 0.3 is 0 Å². The van der Waals surface area contributed by atoms with Crippen molar-refractivity contribution in [2.24, 2.45) is 0 Å². The first kappa shape index (κ1) is 18.1. The van der Waals surface area contributed by atoms with Gasteiger partial charge in [-0.3, -0.25) is 0 Å². The van der Waals surface area contributed by atoms with Gasteiger partial charge in [-0.1, -0.05) is 58.4 Å². The molecule has 0 fully saturated rings. The number of nitrogens with zero attached hydrogens (tertiary/aromatic N) is 1. The van der Waals surface area contributed by atoms with Crippen molar-refractivity contribution in [3.8, 4) is 21.8 Å². The van der Waals surface area contributed by atoms with Crippen LogP contribution in [-0.2, 0) is 9.84 Å². The second-order valence-electron chi connectivity index (χ2n) is 5.89. The highest BCUT2D eigenvalue weighted by Gasteiger charge is 2.17. The summed E-state index contributed by atoms with van der Waals surface area (Å²) in [6.45, 7) is 0. The maximum atomic E-state index is 12.8. The molecular weight excluding hydrogens is 442 g/mol. The topological polar surface area (TPSA) is 47.0 Å². The third-order valence-electron chi connectivity index (χ3n) is 4.11. The van der Waals surface area contributed by atoms with E-state index in [9.17, 15) is 8.42 Å². The van der Waals surface area contributed by atoms with E-state index >= 15 is 0 Å². The molecule has 4 rings (SSSR count). The second-order valence-corrected chi connectivity index (χ2v) is 9.61. The molecule has 0 saturated heterocycles. The van der Waals surface area contributed by atoms with Crippen LogP contribution in [0.15, 0.2) is 98.5 Å². The van der Waals surface area contributed by atoms with Crippen molar-refractivity contribution in [3.63, 3.8) is 0 Å². The molecule has 0 N–H and O–H groups in total. The SMILES string of the molecule is O=S(=O)(c1ccc(Br)cc1)c1ccc(-c2nc(-c3ccccc3)cs2)cc1. The van der Waals surface area contributed by atoms with Crippen LogP contribution in [0, 0.1) is 0 Å². The lowest BCUT2D eigenvalue weighted by Gasteiger charge is -2.05. The van der Waals surface area contributed by atoms with Crippen molar-refractivity contribution >= 4 is 37.1 Å². The fourth-order valence-electron chi connectivity index (χ4n) is 2.67. The maximum Gasteiger partial charge on any atom is 0.206 e. The summed E-state index contributed by atoms with van der Waals surface area (Å²) in [6.07, 6.45) is 0. The summed E-state index contributed by atoms with van der Waals surface area (Å²) in [7, 11) is -3.53. The number of benzene rings is 3. The van der Waals surface area contributed by atoms with Crippen LogP contribution in [0.3, 0.4) is 0 Å². The number of halogens is 1. The van der Waals surface area contributed by atoms with Gasteiger partial charge in [-0.15, -0.1) is 11.3 Å². The summed E-state index contributed by atoms with van der Waals surface area (Å²) >= 11 is 4.87. The van der Waals surface area contributed by atoms with Gasteiger partial charge < -0.3 is 0 Å². The van der Waals surface area contributed by atoms with E-state index in [1.807, 2.05) is 35.7 Å². The number of rotatable bonds is 4. The average Bonchev–Trinajstić information content (AvgIpc) is 3.19. The zero-order valence-corrected chi connectivity index (χ0v) is 17.3. The van der Waals surface area contributed by atoms with Gasteiger partial charge in [-0.25, -0.2) is 13.4 Å². The predicted molar refractivity (Wildman–Crippen MR) is 113 cm³/mol. The number of hydrogen-bond acceptors (Lipinski definition) is 4. The summed E-state index contributed by atoms with van der Waals surface area (Å²) in [5.74, 6) is 0. The standard InChI is InChI=1S/C21H14BrNO2S2/c22-17-8-12-19(13-9-17)27(24,25)18-10-6-16(7-11-18)21-23-20(14-26-21)15-4-2-1-3-5-15/h1-14H. The van der Waals surface area contributed by atoms with E-state index in [-0.39, 0.29) is 9.79 Å². The molecule has 0 unspecified atom stereocenters. The van der Waals surface area contributed by atoms with E-state index < -0.39 is 9.84 Å². The van der Waals surface area contributed by atoms with Crippen molar-refractivity contribution in [3.05, 3.63) is 88.7 Å². The molecule has 0 aliphatic rings. The smallest absolute Gasteiger partial charge is 0.206 e. The quantitative estimate of drug-likeness (QED) is 0.374. The minimum absolute atomic E-state index is 0.272. The molecule has 1 heterocycles. The number of thiazole rings is 1. The van der Waals surface area contributed by atoms with Crippen molar-refractivity contribution in [2.45, 2.75) is 9.79 Å². The first-order valence-corrected chi connectivity index (χ1v) is 11.3. The number of aromatic nitrogens is 1. The summed E-state index contributed by atoms with van der Waals surface area (Å²) in [4.78, 5) is 5.22. The van der Waals surface area contributed by atoms with E-state index in [4.69, 9.17) is 0 Å². The normalized spacial score (nSPS) is 11.4. The Kier molecular flexibility index (Phi) is 4.95. The summed E-state index contributed by atoms with van der Waals surface area (Å²) in [5.41, 5.74) is 2.88. The third kappa shape index (κ3) is 3.74. The molecule has 6 heteroatoms. The van der Waals surface area contributed by atoms with Crippen LogP contribution in [0.1, 0.15) is 0 Å². The maximum absolute atomic E-state index is 12.8. The Labute approximate surface area is 170 Å². The zero-order chi connectivity index (χ0) is 18.9. The lowest BCUT2D eigenvalue weighted by atomic mass is 10.2. The lowest BCUT2D eigenvalue weighted by molar-refractivity contribution is 0.596. The molecule has 0 saturated carbocycles. The van der Waals surface area contributed by atoms with Gasteiger partial charge in [-0.2, -0.15) is 0 Å². The lowest BCUT2D eigenvalue weighted by Crippen LogP contribution is -2.01. The molecule has 0 spiro atoms. The van der Waals surface area contributed by atoms with Crippen LogP contribution < -0.4 is 0 Å². The molecule has 0 bridgehead atoms. The van der Waals surface area contributed by atoms with Crippen LogP contribution in [0.5, 0.6) is 0 Å². The Bertz CT molecular complexity index is 1170. The summed E-state index contributed by atoms with van der Waals surface area (Å²) < 4.78 is 26.3. The molecular formula is C21H14BrNO2S2. The van der Waals surface area contributed by atoms with Gasteiger partial charge in [0.2, 0.25) is 9.84 Å². The van der Waals surface area contributed by atoms with E-state index in [2.05, 4.69) is 20.9 Å². The van der Waals surface area contributed by atoms with Crippen molar-refractivity contribution < 1.29 is 8.42 Å². The van der Waals surface area contributed by atoms with E-state index in [0.717, 1.165) is 26.3 Å². The highest BCUT2D eigenvalue weighted by atomic mass is 79.9. The Morgan fingerprint density at radius 2 is 1.33 bits per heavy atom. The number of hydrogen-bond donors (Lipinski definition) is 0. The molecule has 3 nitrogen and oxygen atoms in total. The molecule has 0 amide bonds. The number of sulfone groups is 1. The predicted octanol–water partition coefficient (Wildman–Crippen LogP) is 6.07. The van der Waals surface area contributed by atoms with Crippen LogP contribution in [0.4, 0.5) is 0 Å². The zero-order valence-electron chi connectivity index (χ0n) is 14.0. The van der Waals surface area contributed by atoms with Gasteiger partial charge in [0.1, 0.15) is 5.01 Å². The third-order valence-corrected chi connectivity index (χ3v) is 7.31. The fraction of sp³-hybridized carbons (Fsp3) is 0. The first-order chi connectivity index (χ1) is 13.0. The molecule has 3 aromatic carbocycles. The fourth-order valence-corrected chi connectivity index (χ4v) is 5.03. The van der Waals surface area contributed by atoms with Crippen LogP contribution in [0.2, 0.25) is 0 Å². The van der Waals surface area contributed by atoms with Crippen molar-refractivity contribution in [2.75, 3.05) is 0 Å². The largest absolute Gasteiger partial charge is 0.236 e. The van der Waals surface area contributed by atoms with Gasteiger partial charge in [0.25, 0.3) is 0 Å². The van der Waals surface area contributed by atoms with Crippen LogP contribution >= 0.6 is 27.3 Å². The van der Waals surface area contributed by atoms with E-state index in [1.165, 1.54) is 0 Å². The monoisotopic (exact) mass is 455 g/mol. The summed E-state index contributed by atoms with van der Waals surface area (Å²) in [6, 6.07) is 23.5. The Morgan fingerprint density at radius 1 is 0.741 bits per heavy atom. The van der Waals surface area contributed by atoms with Gasteiger partial charge in [0, 0.05) is 21.0 Å². The Balaban J connectivity index is 1.63. The van der Waals surface area contributed by atoms with Gasteiger partial charge in [0.05, 0.1) is 15.5 Å². The van der Waals surface area contributed by atoms with Crippen LogP contribution in [-0.4, -0.2) is 13.4 Å². The summed E-state index contributed by atoms with van der Waals surface area (Å²) in [5, 5.41) is 2.87. The molecule has 0 radical (unpaired) electrons. The van der Waals surface area contributed by atoms with Crippen LogP contribution in [0.25, 0.3) is 21.8 Å². The van der Waals surface area contributed by atoms with Crippen molar-refractivity contribution in [1.82, 2.24) is 4.98 Å². The molecule has 0 aliphatic carbocycles. The molecule has 0 aliphatic heterocycles. The van der Waals surface area contributed by atoms with Gasteiger partial charge in [0.15, 0.2) is 0 Å². The minimum atomic E-state index is -3.53. The molecule has 134 valence electrons. The van der Waals surface area contributed by atoms with E-state index in [1.54, 1.807) is 59.9 Å². The first-order valence-electron chi connectivity index (χ1n) is 8.16. The molecule has 4 aromatic rings. The molecule has 1 aromatic heterocycles. The molecule has 27 heavy (non-hydrogen) atoms. The van der Waals surface area contributed by atoms with E-state index in [0.29, 0.717) is 0 Å². The van der Waals surface area contributed by atoms with Gasteiger partial charge in [-0.05, 0) is 36.4 Å². The highest BCUT2D eigenvalue weighted by Crippen LogP contribution is 2.30.